The zero-order chi connectivity index (χ0) is 24.6. The van der Waals surface area contributed by atoms with Crippen molar-refractivity contribution < 1.29 is 24.2 Å². The maximum absolute atomic E-state index is 13.2. The first-order chi connectivity index (χ1) is 16.9. The van der Waals surface area contributed by atoms with E-state index in [2.05, 4.69) is 29.6 Å². The average molecular weight is 477 g/mol. The molecule has 0 unspecified atom stereocenters. The minimum Gasteiger partial charge on any atom is -0.479 e. The number of ether oxygens (including phenoxy) is 1. The highest BCUT2D eigenvalue weighted by Gasteiger charge is 2.53. The molecule has 6 rings (SSSR count). The van der Waals surface area contributed by atoms with Crippen LogP contribution in [0.15, 0.2) is 48.5 Å². The highest BCUT2D eigenvalue weighted by molar-refractivity contribution is 5.88. The zero-order valence-electron chi connectivity index (χ0n) is 20.0. The molecule has 2 aromatic rings. The molecule has 35 heavy (non-hydrogen) atoms. The van der Waals surface area contributed by atoms with Gasteiger partial charge in [0.2, 0.25) is 5.91 Å². The number of aliphatic carboxylic acids is 1. The highest BCUT2D eigenvalue weighted by Crippen LogP contribution is 2.45. The number of hydrogen-bond donors (Lipinski definition) is 2. The molecule has 2 saturated heterocycles. The number of carbonyl (C=O) groups is 3. The van der Waals surface area contributed by atoms with Gasteiger partial charge >= 0.3 is 12.1 Å². The van der Waals surface area contributed by atoms with Crippen molar-refractivity contribution in [3.8, 4) is 11.1 Å². The number of nitrogens with one attached hydrogen (secondary N) is 1. The van der Waals surface area contributed by atoms with Gasteiger partial charge in [-0.1, -0.05) is 55.5 Å². The number of carboxylic acids is 1. The van der Waals surface area contributed by atoms with Gasteiger partial charge in [-0.05, 0) is 60.3 Å². The van der Waals surface area contributed by atoms with E-state index < -0.39 is 23.6 Å². The molecule has 184 valence electrons. The van der Waals surface area contributed by atoms with Crippen LogP contribution < -0.4 is 5.32 Å². The lowest BCUT2D eigenvalue weighted by atomic mass is 9.70. The number of amides is 2. The Hall–Kier alpha value is -3.35. The van der Waals surface area contributed by atoms with Gasteiger partial charge in [-0.3, -0.25) is 4.79 Å². The van der Waals surface area contributed by atoms with E-state index in [1.54, 1.807) is 4.90 Å². The molecule has 2 aliphatic carbocycles. The van der Waals surface area contributed by atoms with Gasteiger partial charge in [0, 0.05) is 24.9 Å². The molecule has 7 nitrogen and oxygen atoms in total. The van der Waals surface area contributed by atoms with E-state index in [-0.39, 0.29) is 24.9 Å². The third kappa shape index (κ3) is 4.17. The molecule has 2 aromatic carbocycles. The molecule has 3 fully saturated rings. The zero-order valence-corrected chi connectivity index (χ0v) is 20.0. The largest absolute Gasteiger partial charge is 0.479 e. The number of alkyl carbamates (subject to hydrolysis) is 1. The second-order valence-electron chi connectivity index (χ2n) is 10.1. The fourth-order valence-electron chi connectivity index (χ4n) is 6.14. The first-order valence-electron chi connectivity index (χ1n) is 12.6. The van der Waals surface area contributed by atoms with Crippen LogP contribution in [0.5, 0.6) is 0 Å². The van der Waals surface area contributed by atoms with Crippen molar-refractivity contribution in [2.45, 2.75) is 62.9 Å². The van der Waals surface area contributed by atoms with Crippen LogP contribution in [0, 0.1) is 5.92 Å². The standard InChI is InChI=1S/C28H32N2O5/c1-2-19(15-25(31)30-16-18-11-13-28(30,14-12-18)26(32)33)29-27(34)35-17-24-22-9-5-3-7-20(22)21-8-4-6-10-23(21)24/h3-10,18-19,24H,2,11-17H2,1H3,(H,29,34)(H,32,33)/t18?,19-,28?/m1/s1. The number of carboxylic acid groups (broad SMARTS) is 1. The topological polar surface area (TPSA) is 95.9 Å². The molecule has 1 atom stereocenters. The van der Waals surface area contributed by atoms with Crippen molar-refractivity contribution in [1.82, 2.24) is 10.2 Å². The van der Waals surface area contributed by atoms with Crippen LogP contribution in [0.4, 0.5) is 4.79 Å². The van der Waals surface area contributed by atoms with Crippen LogP contribution >= 0.6 is 0 Å². The van der Waals surface area contributed by atoms with E-state index in [9.17, 15) is 19.5 Å². The van der Waals surface area contributed by atoms with Crippen molar-refractivity contribution in [3.63, 3.8) is 0 Å². The Bertz CT molecular complexity index is 1090. The van der Waals surface area contributed by atoms with E-state index in [0.717, 1.165) is 35.1 Å². The lowest BCUT2D eigenvalue weighted by molar-refractivity contribution is -0.170. The molecule has 2 N–H and O–H groups in total. The van der Waals surface area contributed by atoms with Crippen molar-refractivity contribution in [1.29, 1.82) is 0 Å². The summed E-state index contributed by atoms with van der Waals surface area (Å²) in [4.78, 5) is 39.5. The molecule has 7 heteroatoms. The van der Waals surface area contributed by atoms with Gasteiger partial charge in [-0.2, -0.15) is 0 Å². The van der Waals surface area contributed by atoms with Crippen LogP contribution in [0.3, 0.4) is 0 Å². The number of rotatable bonds is 7. The monoisotopic (exact) mass is 476 g/mol. The molecule has 0 spiro atoms. The van der Waals surface area contributed by atoms with E-state index in [0.29, 0.717) is 31.7 Å². The van der Waals surface area contributed by atoms with Gasteiger partial charge < -0.3 is 20.1 Å². The van der Waals surface area contributed by atoms with Gasteiger partial charge in [0.25, 0.3) is 0 Å². The summed E-state index contributed by atoms with van der Waals surface area (Å²) in [5.74, 6) is -0.784. The summed E-state index contributed by atoms with van der Waals surface area (Å²) in [5.41, 5.74) is 3.52. The third-order valence-corrected chi connectivity index (χ3v) is 8.17. The minimum atomic E-state index is -1.09. The normalized spacial score (nSPS) is 23.3. The Kier molecular flexibility index (Phi) is 6.26. The predicted molar refractivity (Wildman–Crippen MR) is 131 cm³/mol. The molecule has 4 aliphatic rings. The number of benzene rings is 2. The summed E-state index contributed by atoms with van der Waals surface area (Å²) in [6.45, 7) is 2.60. The Balaban J connectivity index is 1.21. The number of nitrogens with zero attached hydrogens (tertiary/aromatic N) is 1. The van der Waals surface area contributed by atoms with Gasteiger partial charge in [0.15, 0.2) is 0 Å². The summed E-state index contributed by atoms with van der Waals surface area (Å²) in [6, 6.07) is 15.9. The molecular weight excluding hydrogens is 444 g/mol. The van der Waals surface area contributed by atoms with E-state index in [1.807, 2.05) is 31.2 Å². The molecule has 2 amide bonds. The lowest BCUT2D eigenvalue weighted by Gasteiger charge is -2.52. The Morgan fingerprint density at radius 3 is 2.23 bits per heavy atom. The second kappa shape index (κ2) is 9.36. The third-order valence-electron chi connectivity index (χ3n) is 8.17. The lowest BCUT2D eigenvalue weighted by Crippen LogP contribution is -2.64. The van der Waals surface area contributed by atoms with Gasteiger partial charge in [-0.15, -0.1) is 0 Å². The summed E-state index contributed by atoms with van der Waals surface area (Å²) in [7, 11) is 0. The van der Waals surface area contributed by atoms with Crippen LogP contribution in [0.1, 0.15) is 62.5 Å². The van der Waals surface area contributed by atoms with Crippen molar-refractivity contribution in [2.75, 3.05) is 13.2 Å². The van der Waals surface area contributed by atoms with Gasteiger partial charge in [0.1, 0.15) is 12.1 Å². The fourth-order valence-corrected chi connectivity index (χ4v) is 6.14. The molecule has 2 bridgehead atoms. The summed E-state index contributed by atoms with van der Waals surface area (Å²) in [5, 5.41) is 12.7. The molecule has 0 radical (unpaired) electrons. The number of fused-ring (bicyclic) bond motifs is 6. The van der Waals surface area contributed by atoms with Crippen LogP contribution in [0.2, 0.25) is 0 Å². The Morgan fingerprint density at radius 2 is 1.66 bits per heavy atom. The SMILES string of the molecule is CC[C@H](CC(=O)N1CC2CCC1(C(=O)O)CC2)NC(=O)OCC1c2ccccc2-c2ccccc21. The quantitative estimate of drug-likeness (QED) is 0.611. The predicted octanol–water partition coefficient (Wildman–Crippen LogP) is 4.55. The maximum atomic E-state index is 13.2. The molecule has 2 heterocycles. The van der Waals surface area contributed by atoms with Gasteiger partial charge in [-0.25, -0.2) is 9.59 Å². The molecule has 2 aliphatic heterocycles. The summed E-state index contributed by atoms with van der Waals surface area (Å²) >= 11 is 0. The van der Waals surface area contributed by atoms with Crippen molar-refractivity contribution in [2.24, 2.45) is 5.92 Å². The summed E-state index contributed by atoms with van der Waals surface area (Å²) < 4.78 is 5.64. The van der Waals surface area contributed by atoms with Crippen molar-refractivity contribution in [3.05, 3.63) is 59.7 Å². The minimum absolute atomic E-state index is 0.0332. The smallest absolute Gasteiger partial charge is 0.407 e. The maximum Gasteiger partial charge on any atom is 0.407 e. The first-order valence-corrected chi connectivity index (χ1v) is 12.6. The molecular formula is C28H32N2O5. The number of hydrogen-bond acceptors (Lipinski definition) is 4. The molecule has 1 saturated carbocycles. The van der Waals surface area contributed by atoms with Crippen LogP contribution in [-0.2, 0) is 14.3 Å². The van der Waals surface area contributed by atoms with Crippen LogP contribution in [-0.4, -0.2) is 52.7 Å². The van der Waals surface area contributed by atoms with Gasteiger partial charge in [0.05, 0.1) is 0 Å². The van der Waals surface area contributed by atoms with E-state index >= 15 is 0 Å². The first kappa shape index (κ1) is 23.4. The number of piperidine rings is 2. The Morgan fingerprint density at radius 1 is 1.06 bits per heavy atom. The fraction of sp³-hybridized carbons (Fsp3) is 0.464. The summed E-state index contributed by atoms with van der Waals surface area (Å²) in [6.07, 6.45) is 2.79. The highest BCUT2D eigenvalue weighted by atomic mass is 16.5. The van der Waals surface area contributed by atoms with E-state index in [1.165, 1.54) is 0 Å². The van der Waals surface area contributed by atoms with Crippen LogP contribution in [0.25, 0.3) is 11.1 Å². The van der Waals surface area contributed by atoms with E-state index in [4.69, 9.17) is 4.74 Å². The molecule has 0 aromatic heterocycles. The Labute approximate surface area is 205 Å². The second-order valence-corrected chi connectivity index (χ2v) is 10.1. The van der Waals surface area contributed by atoms with Crippen molar-refractivity contribution >= 4 is 18.0 Å². The average Bonchev–Trinajstić information content (AvgIpc) is 3.21. The number of carbonyl (C=O) groups excluding carboxylic acids is 2.